The summed E-state index contributed by atoms with van der Waals surface area (Å²) in [6.07, 6.45) is -5.82. The molecule has 0 atom stereocenters. The van der Waals surface area contributed by atoms with Gasteiger partial charge in [-0.3, -0.25) is 0 Å². The largest absolute Gasteiger partial charge is 5.00 e. The van der Waals surface area contributed by atoms with E-state index < -0.39 is 88.2 Å². The Labute approximate surface area is 635 Å². The van der Waals surface area contributed by atoms with Crippen molar-refractivity contribution in [2.45, 2.75) is 69.2 Å². The summed E-state index contributed by atoms with van der Waals surface area (Å²) >= 11 is 0. The van der Waals surface area contributed by atoms with Crippen molar-refractivity contribution in [3.63, 3.8) is 0 Å². The third kappa shape index (κ3) is 17.3. The van der Waals surface area contributed by atoms with Gasteiger partial charge < -0.3 is 0 Å². The van der Waals surface area contributed by atoms with Crippen LogP contribution in [0.2, 0.25) is 0 Å². The van der Waals surface area contributed by atoms with E-state index >= 15 is 0 Å². The fraction of sp³-hybridized carbons (Fsp3) is 0.109. The van der Waals surface area contributed by atoms with Crippen LogP contribution in [0.5, 0.6) is 0 Å². The Morgan fingerprint density at radius 2 is 0.231 bits per heavy atom. The molecule has 0 aliphatic heterocycles. The van der Waals surface area contributed by atoms with Crippen molar-refractivity contribution in [3.8, 4) is 0 Å². The minimum atomic E-state index is -1.94. The zero-order valence-corrected chi connectivity index (χ0v) is 62.4. The van der Waals surface area contributed by atoms with Crippen molar-refractivity contribution in [1.82, 2.24) is 0 Å². The number of halogens is 12. The van der Waals surface area contributed by atoms with E-state index in [1.54, 1.807) is 146 Å². The Morgan fingerprint density at radius 3 is 0.287 bits per heavy atom. The molecule has 0 spiro atoms. The van der Waals surface area contributed by atoms with Gasteiger partial charge in [-0.1, -0.05) is 215 Å². The molecule has 14 rings (SSSR count). The van der Waals surface area contributed by atoms with Gasteiger partial charge in [0.15, 0.2) is 0 Å². The van der Waals surface area contributed by atoms with Crippen molar-refractivity contribution < 1.29 is 69.8 Å². The third-order valence-corrected chi connectivity index (χ3v) is 22.1. The molecule has 108 heavy (non-hydrogen) atoms. The maximum atomic E-state index is 13.7. The molecule has 16 heteroatoms. The summed E-state index contributed by atoms with van der Waals surface area (Å²) in [6, 6.07) is 72.2. The van der Waals surface area contributed by atoms with Gasteiger partial charge in [0.25, 0.3) is 0 Å². The Balaban J connectivity index is 0.000000165. The van der Waals surface area contributed by atoms with Crippen LogP contribution in [0.3, 0.4) is 0 Å². The van der Waals surface area contributed by atoms with Crippen molar-refractivity contribution in [2.24, 2.45) is 0 Å². The Kier molecular flexibility index (Phi) is 26.6. The number of hydrogen-bond acceptors (Lipinski definition) is 0. The molecule has 1 radical (unpaired) electrons. The van der Waals surface area contributed by atoms with Gasteiger partial charge in [-0.25, -0.2) is 52.7 Å². The number of rotatable bonds is 12. The summed E-state index contributed by atoms with van der Waals surface area (Å²) in [6.45, 7) is 22.0. The minimum Gasteiger partial charge on any atom is -0.207 e. The maximum Gasteiger partial charge on any atom is 5.00 e. The summed E-state index contributed by atoms with van der Waals surface area (Å²) in [5.74, 6) is -4.71. The summed E-state index contributed by atoms with van der Waals surface area (Å²) in [5.41, 5.74) is 23.6. The molecule has 0 aromatic heterocycles. The molecule has 0 N–H and O–H groups in total. The average molecular weight is 1500 g/mol. The second-order valence-electron chi connectivity index (χ2n) is 27.5. The van der Waals surface area contributed by atoms with Gasteiger partial charge in [0.2, 0.25) is 0 Å². The smallest absolute Gasteiger partial charge is 0.207 e. The second-order valence-corrected chi connectivity index (χ2v) is 27.5. The molecule has 0 saturated heterocycles. The van der Waals surface area contributed by atoms with Gasteiger partial charge in [0.05, 0.1) is 0 Å². The Bertz CT molecular complexity index is 4040. The van der Waals surface area contributed by atoms with Gasteiger partial charge in [-0.15, -0.1) is 0 Å². The van der Waals surface area contributed by atoms with E-state index in [2.05, 4.69) is 69.2 Å². The third-order valence-electron chi connectivity index (χ3n) is 22.1. The number of hydrogen-bond donors (Lipinski definition) is 0. The molecule has 547 valence electrons. The molecular weight excluding hydrogens is 1420 g/mol. The van der Waals surface area contributed by atoms with Crippen LogP contribution < -0.4 is 65.6 Å². The average Bonchev–Trinajstić information content (AvgIpc) is 0.909. The number of benzene rings is 12. The van der Waals surface area contributed by atoms with Crippen LogP contribution in [0.1, 0.15) is 55.6 Å². The van der Waals surface area contributed by atoms with Crippen molar-refractivity contribution >= 4 is 84.0 Å². The van der Waals surface area contributed by atoms with Crippen LogP contribution in [0, 0.1) is 139 Å². The topological polar surface area (TPSA) is 0 Å². The van der Waals surface area contributed by atoms with Gasteiger partial charge in [-0.2, -0.15) is 121 Å². The van der Waals surface area contributed by atoms with Crippen LogP contribution in [0.25, 0.3) is 0 Å². The molecule has 0 fully saturated rings. The second kappa shape index (κ2) is 35.3. The summed E-state index contributed by atoms with van der Waals surface area (Å²) in [7, 11) is 0. The van der Waals surface area contributed by atoms with Crippen molar-refractivity contribution in [3.05, 3.63) is 417 Å². The van der Waals surface area contributed by atoms with E-state index in [0.717, 1.165) is 65.6 Å². The molecule has 0 amide bonds. The molecule has 14 aromatic carbocycles. The standard InChI is InChI=1S/3C24H16BF4.2C10H15.Fe/c3*26-21-9-1-17(2-10-21)25(18-3-11-22(27)12-4-18,19-5-13-23(28)14-6-19)20-7-15-24(29)16-8-20;2*1-6-7(2)9(4)10(5)8(6)3;/h3*1-16H;2*1-5H3;/q5*-1;+5. The molecule has 0 nitrogen and oxygen atoms in total. The van der Waals surface area contributed by atoms with Crippen LogP contribution in [0.4, 0.5) is 52.7 Å². The quantitative estimate of drug-likeness (QED) is 0.0650. The minimum absolute atomic E-state index is 0. The van der Waals surface area contributed by atoms with E-state index in [4.69, 9.17) is 0 Å². The van der Waals surface area contributed by atoms with Crippen LogP contribution in [-0.2, 0) is 17.1 Å². The predicted octanol–water partition coefficient (Wildman–Crippen LogP) is 16.8. The van der Waals surface area contributed by atoms with Crippen LogP contribution in [-0.4, -0.2) is 18.4 Å². The summed E-state index contributed by atoms with van der Waals surface area (Å²) in [5, 5.41) is 0. The van der Waals surface area contributed by atoms with E-state index in [-0.39, 0.29) is 17.1 Å². The monoisotopic (exact) mass is 1500 g/mol. The summed E-state index contributed by atoms with van der Waals surface area (Å²) < 4.78 is 164. The van der Waals surface area contributed by atoms with Crippen molar-refractivity contribution in [1.29, 1.82) is 0 Å². The predicted molar refractivity (Wildman–Crippen MR) is 421 cm³/mol. The van der Waals surface area contributed by atoms with Gasteiger partial charge in [-0.05, 0) is 146 Å². The zero-order valence-electron chi connectivity index (χ0n) is 61.3. The summed E-state index contributed by atoms with van der Waals surface area (Å²) in [4.78, 5) is 0. The molecule has 0 heterocycles. The molecule has 14 aromatic rings. The fourth-order valence-corrected chi connectivity index (χ4v) is 15.3. The van der Waals surface area contributed by atoms with E-state index in [9.17, 15) is 52.7 Å². The van der Waals surface area contributed by atoms with Crippen LogP contribution >= 0.6 is 0 Å². The van der Waals surface area contributed by atoms with E-state index in [1.165, 1.54) is 201 Å². The van der Waals surface area contributed by atoms with E-state index in [1.807, 2.05) is 0 Å². The zero-order chi connectivity index (χ0) is 77.1. The molecular formula is C92H78B3F12Fe. The molecule has 0 aliphatic rings. The van der Waals surface area contributed by atoms with E-state index in [0.29, 0.717) is 0 Å². The van der Waals surface area contributed by atoms with Crippen molar-refractivity contribution in [2.75, 3.05) is 0 Å². The normalized spacial score (nSPS) is 11.2. The Hall–Kier alpha value is -10.8. The first-order valence-corrected chi connectivity index (χ1v) is 35.1. The molecule has 0 unspecified atom stereocenters. The SMILES string of the molecule is Cc1c(C)c(C)[c-](C)c1C.Cc1c(C)c(C)[c-](C)c1C.Fc1ccc([B-](c2ccc(F)cc2)(c2ccc(F)cc2)c2ccc(F)cc2)cc1.Fc1ccc([B-](c2ccc(F)cc2)(c2ccc(F)cc2)c2ccc(F)cc2)cc1.Fc1ccc([B-](c2ccc(F)cc2)(c2ccc(F)cc2)c2ccc(F)cc2)cc1.[Fe+5]. The molecule has 0 bridgehead atoms. The maximum absolute atomic E-state index is 13.7. The van der Waals surface area contributed by atoms with Gasteiger partial charge in [0.1, 0.15) is 88.2 Å². The van der Waals surface area contributed by atoms with Crippen LogP contribution in [0.15, 0.2) is 291 Å². The molecule has 0 saturated carbocycles. The Morgan fingerprint density at radius 1 is 0.157 bits per heavy atom. The van der Waals surface area contributed by atoms with Gasteiger partial charge in [0, 0.05) is 0 Å². The fourth-order valence-electron chi connectivity index (χ4n) is 15.3. The first-order valence-electron chi connectivity index (χ1n) is 35.1. The first kappa shape index (κ1) is 81.3. The molecule has 0 aliphatic carbocycles. The van der Waals surface area contributed by atoms with Gasteiger partial charge >= 0.3 is 17.1 Å². The first-order chi connectivity index (χ1) is 51.1.